The molecule has 0 bridgehead atoms. The van der Waals surface area contributed by atoms with Crippen molar-refractivity contribution in [3.63, 3.8) is 0 Å². The topological polar surface area (TPSA) is 55.1 Å². The third-order valence-electron chi connectivity index (χ3n) is 2.72. The molecule has 1 aromatic heterocycles. The summed E-state index contributed by atoms with van der Waals surface area (Å²) in [5.41, 5.74) is 3.43. The van der Waals surface area contributed by atoms with Crippen molar-refractivity contribution in [2.24, 2.45) is 7.05 Å². The second-order valence-corrected chi connectivity index (χ2v) is 3.97. The molecule has 4 nitrogen and oxygen atoms in total. The van der Waals surface area contributed by atoms with E-state index in [1.165, 1.54) is 0 Å². The quantitative estimate of drug-likeness (QED) is 0.877. The number of carboxylic acid groups (broad SMARTS) is 1. The van der Waals surface area contributed by atoms with E-state index in [1.807, 2.05) is 44.3 Å². The predicted octanol–water partition coefficient (Wildman–Crippen LogP) is 2.02. The van der Waals surface area contributed by atoms with E-state index in [0.717, 1.165) is 22.5 Å². The number of carbonyl (C=O) groups is 1. The molecule has 0 radical (unpaired) electrons. The van der Waals surface area contributed by atoms with Gasteiger partial charge in [0.15, 0.2) is 0 Å². The maximum Gasteiger partial charge on any atom is 0.307 e. The van der Waals surface area contributed by atoms with Gasteiger partial charge < -0.3 is 5.11 Å². The van der Waals surface area contributed by atoms with Crippen LogP contribution in [0, 0.1) is 6.92 Å². The number of aromatic nitrogens is 2. The normalized spacial score (nSPS) is 10.5. The Balaban J connectivity index is 2.56. The lowest BCUT2D eigenvalue weighted by atomic mass is 10.0. The molecule has 1 N–H and O–H groups in total. The highest BCUT2D eigenvalue weighted by atomic mass is 16.4. The SMILES string of the molecule is Cc1nn(C)c(-c2ccccc2)c1CC(=O)O. The summed E-state index contributed by atoms with van der Waals surface area (Å²) in [5, 5.41) is 13.2. The highest BCUT2D eigenvalue weighted by Crippen LogP contribution is 2.25. The van der Waals surface area contributed by atoms with Crippen molar-refractivity contribution in [2.75, 3.05) is 0 Å². The number of hydrogen-bond donors (Lipinski definition) is 1. The van der Waals surface area contributed by atoms with E-state index in [4.69, 9.17) is 5.11 Å². The van der Waals surface area contributed by atoms with Crippen LogP contribution in [0.1, 0.15) is 11.3 Å². The van der Waals surface area contributed by atoms with Gasteiger partial charge in [-0.3, -0.25) is 9.48 Å². The maximum atomic E-state index is 10.9. The van der Waals surface area contributed by atoms with E-state index < -0.39 is 5.97 Å². The van der Waals surface area contributed by atoms with E-state index in [1.54, 1.807) is 4.68 Å². The Hall–Kier alpha value is -2.10. The fourth-order valence-corrected chi connectivity index (χ4v) is 2.02. The fraction of sp³-hybridized carbons (Fsp3) is 0.231. The molecule has 0 aliphatic carbocycles. The van der Waals surface area contributed by atoms with Crippen molar-refractivity contribution in [1.82, 2.24) is 9.78 Å². The summed E-state index contributed by atoms with van der Waals surface area (Å²) in [6.07, 6.45) is 0.00387. The number of nitrogens with zero attached hydrogens (tertiary/aromatic N) is 2. The largest absolute Gasteiger partial charge is 0.481 e. The van der Waals surface area contributed by atoms with E-state index in [2.05, 4.69) is 5.10 Å². The molecule has 0 unspecified atom stereocenters. The molecule has 88 valence electrons. The van der Waals surface area contributed by atoms with Gasteiger partial charge in [-0.2, -0.15) is 5.10 Å². The molecule has 0 amide bonds. The van der Waals surface area contributed by atoms with E-state index >= 15 is 0 Å². The second-order valence-electron chi connectivity index (χ2n) is 3.97. The first-order chi connectivity index (χ1) is 8.09. The zero-order chi connectivity index (χ0) is 12.4. The maximum absolute atomic E-state index is 10.9. The Morgan fingerprint density at radius 3 is 2.59 bits per heavy atom. The van der Waals surface area contributed by atoms with E-state index in [0.29, 0.717) is 0 Å². The van der Waals surface area contributed by atoms with Crippen LogP contribution in [-0.4, -0.2) is 20.9 Å². The van der Waals surface area contributed by atoms with Crippen LogP contribution in [-0.2, 0) is 18.3 Å². The minimum Gasteiger partial charge on any atom is -0.481 e. The number of rotatable bonds is 3. The van der Waals surface area contributed by atoms with E-state index in [9.17, 15) is 4.79 Å². The molecule has 0 saturated heterocycles. The number of hydrogen-bond acceptors (Lipinski definition) is 2. The number of carboxylic acids is 1. The molecule has 1 aromatic carbocycles. The van der Waals surface area contributed by atoms with Crippen molar-refractivity contribution >= 4 is 5.97 Å². The van der Waals surface area contributed by atoms with Gasteiger partial charge in [0.05, 0.1) is 17.8 Å². The lowest BCUT2D eigenvalue weighted by Gasteiger charge is -2.05. The molecule has 2 rings (SSSR count). The summed E-state index contributed by atoms with van der Waals surface area (Å²) in [5.74, 6) is -0.835. The average molecular weight is 230 g/mol. The third-order valence-corrected chi connectivity index (χ3v) is 2.72. The number of aryl methyl sites for hydroxylation is 2. The Labute approximate surface area is 99.5 Å². The fourth-order valence-electron chi connectivity index (χ4n) is 2.02. The lowest BCUT2D eigenvalue weighted by Crippen LogP contribution is -2.03. The number of aliphatic carboxylic acids is 1. The summed E-state index contributed by atoms with van der Waals surface area (Å²) < 4.78 is 1.74. The van der Waals surface area contributed by atoms with Crippen LogP contribution in [0.3, 0.4) is 0 Å². The summed E-state index contributed by atoms with van der Waals surface area (Å²) in [4.78, 5) is 10.9. The highest BCUT2D eigenvalue weighted by molar-refractivity contribution is 5.75. The summed E-state index contributed by atoms with van der Waals surface area (Å²) in [7, 11) is 1.83. The van der Waals surface area contributed by atoms with Crippen molar-refractivity contribution in [3.05, 3.63) is 41.6 Å². The average Bonchev–Trinajstić information content (AvgIpc) is 2.54. The standard InChI is InChI=1S/C13H14N2O2/c1-9-11(8-12(16)17)13(15(2)14-9)10-6-4-3-5-7-10/h3-7H,8H2,1-2H3,(H,16,17). The minimum absolute atomic E-state index is 0.00387. The second kappa shape index (κ2) is 4.41. The Morgan fingerprint density at radius 2 is 2.00 bits per heavy atom. The first kappa shape index (κ1) is 11.4. The van der Waals surface area contributed by atoms with Gasteiger partial charge in [-0.25, -0.2) is 0 Å². The predicted molar refractivity (Wildman–Crippen MR) is 64.7 cm³/mol. The number of benzene rings is 1. The molecule has 0 aliphatic heterocycles. The van der Waals surface area contributed by atoms with Crippen LogP contribution in [0.25, 0.3) is 11.3 Å². The van der Waals surface area contributed by atoms with Gasteiger partial charge >= 0.3 is 5.97 Å². The van der Waals surface area contributed by atoms with Gasteiger partial charge in [0.2, 0.25) is 0 Å². The van der Waals surface area contributed by atoms with Crippen LogP contribution >= 0.6 is 0 Å². The first-order valence-corrected chi connectivity index (χ1v) is 5.39. The Kier molecular flexibility index (Phi) is 2.95. The molecular weight excluding hydrogens is 216 g/mol. The van der Waals surface area contributed by atoms with Crippen molar-refractivity contribution < 1.29 is 9.90 Å². The molecule has 4 heteroatoms. The summed E-state index contributed by atoms with van der Waals surface area (Å²) in [6, 6.07) is 9.72. The van der Waals surface area contributed by atoms with Crippen molar-refractivity contribution in [2.45, 2.75) is 13.3 Å². The lowest BCUT2D eigenvalue weighted by molar-refractivity contribution is -0.136. The molecule has 2 aromatic rings. The molecule has 17 heavy (non-hydrogen) atoms. The molecule has 0 spiro atoms. The highest BCUT2D eigenvalue weighted by Gasteiger charge is 2.16. The molecule has 0 fully saturated rings. The summed E-state index contributed by atoms with van der Waals surface area (Å²) in [6.45, 7) is 1.84. The molecule has 1 heterocycles. The molecule has 0 saturated carbocycles. The zero-order valence-electron chi connectivity index (χ0n) is 9.84. The van der Waals surface area contributed by atoms with E-state index in [-0.39, 0.29) is 6.42 Å². The molecule has 0 aliphatic rings. The Bertz CT molecular complexity index is 544. The van der Waals surface area contributed by atoms with Gasteiger partial charge in [-0.05, 0) is 6.92 Å². The molecular formula is C13H14N2O2. The van der Waals surface area contributed by atoms with Crippen LogP contribution in [0.2, 0.25) is 0 Å². The van der Waals surface area contributed by atoms with Crippen molar-refractivity contribution in [3.8, 4) is 11.3 Å². The smallest absolute Gasteiger partial charge is 0.307 e. The van der Waals surface area contributed by atoms with Crippen LogP contribution < -0.4 is 0 Å². The first-order valence-electron chi connectivity index (χ1n) is 5.39. The van der Waals surface area contributed by atoms with Crippen LogP contribution in [0.4, 0.5) is 0 Å². The summed E-state index contributed by atoms with van der Waals surface area (Å²) >= 11 is 0. The zero-order valence-corrected chi connectivity index (χ0v) is 9.84. The van der Waals surface area contributed by atoms with Crippen LogP contribution in [0.15, 0.2) is 30.3 Å². The minimum atomic E-state index is -0.835. The monoisotopic (exact) mass is 230 g/mol. The Morgan fingerprint density at radius 1 is 1.35 bits per heavy atom. The molecule has 0 atom stereocenters. The third kappa shape index (κ3) is 2.20. The van der Waals surface area contributed by atoms with Gasteiger partial charge in [-0.15, -0.1) is 0 Å². The van der Waals surface area contributed by atoms with Gasteiger partial charge in [0, 0.05) is 18.2 Å². The van der Waals surface area contributed by atoms with Crippen LogP contribution in [0.5, 0.6) is 0 Å². The van der Waals surface area contributed by atoms with Gasteiger partial charge in [0.25, 0.3) is 0 Å². The van der Waals surface area contributed by atoms with Gasteiger partial charge in [-0.1, -0.05) is 30.3 Å². The van der Waals surface area contributed by atoms with Gasteiger partial charge in [0.1, 0.15) is 0 Å². The van der Waals surface area contributed by atoms with Crippen molar-refractivity contribution in [1.29, 1.82) is 0 Å².